The van der Waals surface area contributed by atoms with Crippen molar-refractivity contribution in [3.05, 3.63) is 11.6 Å². The SMILES string of the molecule is CC[C@H]1CC(C)=C[C@H]1CC. The predicted molar refractivity (Wildman–Crippen MR) is 45.9 cm³/mol. The standard InChI is InChI=1S/C10H18/c1-4-9-6-8(3)7-10(9)5-2/h6,9-10H,4-5,7H2,1-3H3/t9-,10+/m1/s1. The first-order chi connectivity index (χ1) is 4.77. The third kappa shape index (κ3) is 1.42. The molecule has 0 amide bonds. The molecule has 0 saturated heterocycles. The Kier molecular flexibility index (Phi) is 2.53. The highest BCUT2D eigenvalue weighted by atomic mass is 14.3. The Morgan fingerprint density at radius 3 is 2.50 bits per heavy atom. The zero-order valence-electron chi connectivity index (χ0n) is 7.35. The highest BCUT2D eigenvalue weighted by Crippen LogP contribution is 2.34. The van der Waals surface area contributed by atoms with E-state index in [2.05, 4.69) is 26.8 Å². The Morgan fingerprint density at radius 2 is 2.10 bits per heavy atom. The molecular weight excluding hydrogens is 120 g/mol. The number of rotatable bonds is 2. The molecule has 0 nitrogen and oxygen atoms in total. The molecule has 0 heteroatoms. The third-order valence-electron chi connectivity index (χ3n) is 2.68. The van der Waals surface area contributed by atoms with E-state index < -0.39 is 0 Å². The Bertz CT molecular complexity index is 133. The summed E-state index contributed by atoms with van der Waals surface area (Å²) in [6, 6.07) is 0. The molecule has 0 aromatic heterocycles. The van der Waals surface area contributed by atoms with Crippen LogP contribution in [0, 0.1) is 11.8 Å². The lowest BCUT2D eigenvalue weighted by atomic mass is 9.91. The van der Waals surface area contributed by atoms with E-state index in [4.69, 9.17) is 0 Å². The van der Waals surface area contributed by atoms with Crippen LogP contribution in [0.1, 0.15) is 40.0 Å². The van der Waals surface area contributed by atoms with Crippen molar-refractivity contribution >= 4 is 0 Å². The molecule has 1 aliphatic carbocycles. The molecule has 2 atom stereocenters. The van der Waals surface area contributed by atoms with Crippen molar-refractivity contribution in [2.45, 2.75) is 40.0 Å². The minimum Gasteiger partial charge on any atom is -0.0822 e. The fourth-order valence-corrected chi connectivity index (χ4v) is 2.03. The van der Waals surface area contributed by atoms with Gasteiger partial charge in [0.1, 0.15) is 0 Å². The topological polar surface area (TPSA) is 0 Å². The summed E-state index contributed by atoms with van der Waals surface area (Å²) >= 11 is 0. The first-order valence-electron chi connectivity index (χ1n) is 4.45. The van der Waals surface area contributed by atoms with Crippen LogP contribution >= 0.6 is 0 Å². The Hall–Kier alpha value is -0.260. The number of allylic oxidation sites excluding steroid dienone is 2. The lowest BCUT2D eigenvalue weighted by Crippen LogP contribution is -2.04. The van der Waals surface area contributed by atoms with Crippen LogP contribution in [-0.2, 0) is 0 Å². The second-order valence-electron chi connectivity index (χ2n) is 3.46. The quantitative estimate of drug-likeness (QED) is 0.513. The van der Waals surface area contributed by atoms with Crippen LogP contribution in [-0.4, -0.2) is 0 Å². The Labute approximate surface area is 64.3 Å². The van der Waals surface area contributed by atoms with E-state index in [-0.39, 0.29) is 0 Å². The fraction of sp³-hybridized carbons (Fsp3) is 0.800. The van der Waals surface area contributed by atoms with Crippen LogP contribution in [0.2, 0.25) is 0 Å². The average molecular weight is 138 g/mol. The number of hydrogen-bond acceptors (Lipinski definition) is 0. The van der Waals surface area contributed by atoms with Crippen molar-refractivity contribution in [1.82, 2.24) is 0 Å². The lowest BCUT2D eigenvalue weighted by Gasteiger charge is -2.14. The van der Waals surface area contributed by atoms with Crippen LogP contribution < -0.4 is 0 Å². The van der Waals surface area contributed by atoms with Crippen molar-refractivity contribution in [1.29, 1.82) is 0 Å². The normalized spacial score (nSPS) is 32.5. The van der Waals surface area contributed by atoms with E-state index in [9.17, 15) is 0 Å². The molecule has 58 valence electrons. The van der Waals surface area contributed by atoms with Gasteiger partial charge in [-0.2, -0.15) is 0 Å². The molecule has 0 bridgehead atoms. The summed E-state index contributed by atoms with van der Waals surface area (Å²) in [7, 11) is 0. The van der Waals surface area contributed by atoms with Crippen LogP contribution in [0.3, 0.4) is 0 Å². The number of hydrogen-bond donors (Lipinski definition) is 0. The first-order valence-corrected chi connectivity index (χ1v) is 4.45. The fourth-order valence-electron chi connectivity index (χ4n) is 2.03. The van der Waals surface area contributed by atoms with Gasteiger partial charge in [-0.05, 0) is 31.6 Å². The first kappa shape index (κ1) is 7.84. The average Bonchev–Trinajstić information content (AvgIpc) is 2.30. The molecule has 0 spiro atoms. The maximum atomic E-state index is 2.47. The van der Waals surface area contributed by atoms with Gasteiger partial charge in [0, 0.05) is 0 Å². The third-order valence-corrected chi connectivity index (χ3v) is 2.68. The van der Waals surface area contributed by atoms with Gasteiger partial charge in [-0.3, -0.25) is 0 Å². The van der Waals surface area contributed by atoms with Crippen LogP contribution in [0.5, 0.6) is 0 Å². The van der Waals surface area contributed by atoms with Crippen molar-refractivity contribution in [2.75, 3.05) is 0 Å². The summed E-state index contributed by atoms with van der Waals surface area (Å²) in [5.74, 6) is 1.86. The summed E-state index contributed by atoms with van der Waals surface area (Å²) < 4.78 is 0. The molecule has 0 N–H and O–H groups in total. The maximum Gasteiger partial charge on any atom is -0.0202 e. The molecule has 1 rings (SSSR count). The van der Waals surface area contributed by atoms with Crippen LogP contribution in [0.25, 0.3) is 0 Å². The van der Waals surface area contributed by atoms with Gasteiger partial charge in [0.05, 0.1) is 0 Å². The van der Waals surface area contributed by atoms with E-state index >= 15 is 0 Å². The van der Waals surface area contributed by atoms with Gasteiger partial charge in [0.25, 0.3) is 0 Å². The van der Waals surface area contributed by atoms with E-state index in [0.29, 0.717) is 0 Å². The zero-order valence-corrected chi connectivity index (χ0v) is 7.35. The van der Waals surface area contributed by atoms with Gasteiger partial charge < -0.3 is 0 Å². The summed E-state index contributed by atoms with van der Waals surface area (Å²) in [6.45, 7) is 6.86. The van der Waals surface area contributed by atoms with Crippen molar-refractivity contribution in [2.24, 2.45) is 11.8 Å². The summed E-state index contributed by atoms with van der Waals surface area (Å²) in [5.41, 5.74) is 1.61. The lowest BCUT2D eigenvalue weighted by molar-refractivity contribution is 0.399. The van der Waals surface area contributed by atoms with E-state index in [0.717, 1.165) is 11.8 Å². The molecule has 10 heavy (non-hydrogen) atoms. The zero-order chi connectivity index (χ0) is 7.56. The van der Waals surface area contributed by atoms with Gasteiger partial charge in [-0.25, -0.2) is 0 Å². The van der Waals surface area contributed by atoms with Gasteiger partial charge >= 0.3 is 0 Å². The van der Waals surface area contributed by atoms with Crippen molar-refractivity contribution < 1.29 is 0 Å². The maximum absolute atomic E-state index is 2.47. The van der Waals surface area contributed by atoms with E-state index in [1.807, 2.05) is 0 Å². The second-order valence-corrected chi connectivity index (χ2v) is 3.46. The van der Waals surface area contributed by atoms with Crippen LogP contribution in [0.4, 0.5) is 0 Å². The minimum atomic E-state index is 0.894. The highest BCUT2D eigenvalue weighted by Gasteiger charge is 2.21. The molecule has 0 aromatic rings. The van der Waals surface area contributed by atoms with Crippen molar-refractivity contribution in [3.8, 4) is 0 Å². The molecule has 0 heterocycles. The van der Waals surface area contributed by atoms with Gasteiger partial charge in [0.15, 0.2) is 0 Å². The Morgan fingerprint density at radius 1 is 1.40 bits per heavy atom. The highest BCUT2D eigenvalue weighted by molar-refractivity contribution is 5.10. The van der Waals surface area contributed by atoms with Gasteiger partial charge in [0.2, 0.25) is 0 Å². The molecule has 0 unspecified atom stereocenters. The molecule has 1 aliphatic rings. The minimum absolute atomic E-state index is 0.894. The Balaban J connectivity index is 2.52. The molecule has 0 saturated carbocycles. The van der Waals surface area contributed by atoms with Gasteiger partial charge in [-0.1, -0.05) is 31.9 Å². The molecule has 0 radical (unpaired) electrons. The monoisotopic (exact) mass is 138 g/mol. The van der Waals surface area contributed by atoms with Crippen molar-refractivity contribution in [3.63, 3.8) is 0 Å². The predicted octanol–water partition coefficient (Wildman–Crippen LogP) is 3.39. The second kappa shape index (κ2) is 3.23. The molecule has 0 aliphatic heterocycles. The summed E-state index contributed by atoms with van der Waals surface area (Å²) in [6.07, 6.45) is 6.51. The summed E-state index contributed by atoms with van der Waals surface area (Å²) in [4.78, 5) is 0. The smallest absolute Gasteiger partial charge is 0.0202 e. The summed E-state index contributed by atoms with van der Waals surface area (Å²) in [5, 5.41) is 0. The van der Waals surface area contributed by atoms with E-state index in [1.54, 1.807) is 5.57 Å². The molecular formula is C10H18. The van der Waals surface area contributed by atoms with Crippen LogP contribution in [0.15, 0.2) is 11.6 Å². The van der Waals surface area contributed by atoms with E-state index in [1.165, 1.54) is 19.3 Å². The molecule has 0 aromatic carbocycles. The largest absolute Gasteiger partial charge is 0.0822 e. The van der Waals surface area contributed by atoms with Gasteiger partial charge in [-0.15, -0.1) is 0 Å². The molecule has 0 fully saturated rings.